The van der Waals surface area contributed by atoms with E-state index in [2.05, 4.69) is 14.8 Å². The third-order valence-corrected chi connectivity index (χ3v) is 2.40. The summed E-state index contributed by atoms with van der Waals surface area (Å²) in [6.07, 6.45) is -0.613. The topological polar surface area (TPSA) is 77.5 Å². The van der Waals surface area contributed by atoms with Gasteiger partial charge in [0.05, 0.1) is 9.47 Å². The monoisotopic (exact) mass is 276 g/mol. The first kappa shape index (κ1) is 13.9. The van der Waals surface area contributed by atoms with E-state index in [0.717, 1.165) is 11.3 Å². The normalized spacial score (nSPS) is 10.8. The Hall–Kier alpha value is -1.20. The summed E-state index contributed by atoms with van der Waals surface area (Å²) in [6.45, 7) is 5.27. The van der Waals surface area contributed by atoms with Gasteiger partial charge in [0.25, 0.3) is 0 Å². The van der Waals surface area contributed by atoms with E-state index in [4.69, 9.17) is 4.74 Å². The van der Waals surface area contributed by atoms with Crippen LogP contribution >= 0.6 is 20.8 Å². The van der Waals surface area contributed by atoms with Gasteiger partial charge >= 0.3 is 12.1 Å². The van der Waals surface area contributed by atoms with E-state index in [1.54, 1.807) is 20.8 Å². The van der Waals surface area contributed by atoms with Gasteiger partial charge in [0.2, 0.25) is 0 Å². The molecule has 1 amide bonds. The lowest BCUT2D eigenvalue weighted by Gasteiger charge is -2.18. The number of amides is 1. The number of anilines is 1. The molecule has 8 heteroatoms. The van der Waals surface area contributed by atoms with E-state index < -0.39 is 17.7 Å². The highest BCUT2D eigenvalue weighted by molar-refractivity contribution is 7.14. The minimum Gasteiger partial charge on any atom is -0.447 e. The van der Waals surface area contributed by atoms with Crippen molar-refractivity contribution in [3.05, 3.63) is 11.1 Å². The molecule has 1 heterocycles. The van der Waals surface area contributed by atoms with Crippen LogP contribution in [0.1, 0.15) is 31.3 Å². The maximum Gasteiger partial charge on any atom is 0.413 e. The molecule has 0 aromatic carbocycles. The molecule has 0 spiro atoms. The molecule has 94 valence electrons. The van der Waals surface area contributed by atoms with E-state index in [1.807, 2.05) is 9.47 Å². The Labute approximate surface area is 105 Å². The molecule has 0 bridgehead atoms. The molecular formula is C9H13N2O4PS. The third kappa shape index (κ3) is 4.66. The number of hydrogen-bond donors (Lipinski definition) is 1. The van der Waals surface area contributed by atoms with E-state index in [-0.39, 0.29) is 10.8 Å². The summed E-state index contributed by atoms with van der Waals surface area (Å²) in [5.41, 5.74) is -0.445. The molecule has 0 aliphatic carbocycles. The van der Waals surface area contributed by atoms with Crippen molar-refractivity contribution in [1.82, 2.24) is 4.98 Å². The van der Waals surface area contributed by atoms with Gasteiger partial charge in [-0.2, -0.15) is 0 Å². The maximum atomic E-state index is 11.4. The first-order chi connectivity index (χ1) is 7.81. The molecule has 1 aromatic heterocycles. The predicted octanol–water partition coefficient (Wildman–Crippen LogP) is 2.44. The summed E-state index contributed by atoms with van der Waals surface area (Å²) >= 11 is 1.11. The van der Waals surface area contributed by atoms with Crippen LogP contribution in [0.4, 0.5) is 9.93 Å². The number of rotatable bonds is 2. The molecule has 1 rings (SSSR count). The molecule has 0 radical (unpaired) electrons. The number of ether oxygens (including phenoxy) is 1. The molecule has 6 nitrogen and oxygen atoms in total. The van der Waals surface area contributed by atoms with E-state index >= 15 is 0 Å². The second-order valence-electron chi connectivity index (χ2n) is 4.07. The van der Waals surface area contributed by atoms with Crippen molar-refractivity contribution in [1.29, 1.82) is 0 Å². The van der Waals surface area contributed by atoms with Crippen LogP contribution in [0.2, 0.25) is 0 Å². The summed E-state index contributed by atoms with van der Waals surface area (Å²) in [6, 6.07) is 0. The van der Waals surface area contributed by atoms with Gasteiger partial charge in [-0.3, -0.25) is 5.32 Å². The summed E-state index contributed by atoms with van der Waals surface area (Å²) in [5.74, 6) is -0.580. The van der Waals surface area contributed by atoms with Gasteiger partial charge in [0.1, 0.15) is 5.60 Å². The number of carbonyl (C=O) groups is 2. The quantitative estimate of drug-likeness (QED) is 0.839. The zero-order valence-corrected chi connectivity index (χ0v) is 11.6. The molecule has 0 fully saturated rings. The zero-order chi connectivity index (χ0) is 13.1. The lowest BCUT2D eigenvalue weighted by molar-refractivity contribution is 0.0634. The number of thiazole rings is 1. The fraction of sp³-hybridized carbons (Fsp3) is 0.444. The van der Waals surface area contributed by atoms with Crippen molar-refractivity contribution in [3.63, 3.8) is 0 Å². The minimum absolute atomic E-state index is 0.135. The van der Waals surface area contributed by atoms with Gasteiger partial charge in [-0.15, -0.1) is 11.3 Å². The van der Waals surface area contributed by atoms with Gasteiger partial charge in [0.15, 0.2) is 10.8 Å². The number of nitrogens with one attached hydrogen (secondary N) is 1. The van der Waals surface area contributed by atoms with Crippen LogP contribution in [0.5, 0.6) is 0 Å². The summed E-state index contributed by atoms with van der Waals surface area (Å²) in [7, 11) is 1.84. The van der Waals surface area contributed by atoms with Crippen molar-refractivity contribution in [2.24, 2.45) is 0 Å². The van der Waals surface area contributed by atoms with Crippen molar-refractivity contribution in [2.45, 2.75) is 26.4 Å². The first-order valence-electron chi connectivity index (χ1n) is 4.68. The Morgan fingerprint density at radius 2 is 2.12 bits per heavy atom. The van der Waals surface area contributed by atoms with Crippen LogP contribution in [-0.4, -0.2) is 22.6 Å². The first-order valence-corrected chi connectivity index (χ1v) is 6.03. The minimum atomic E-state index is -0.613. The Morgan fingerprint density at radius 1 is 1.47 bits per heavy atom. The lowest BCUT2D eigenvalue weighted by atomic mass is 10.2. The molecule has 17 heavy (non-hydrogen) atoms. The largest absolute Gasteiger partial charge is 0.447 e. The fourth-order valence-corrected chi connectivity index (χ4v) is 1.66. The number of carbonyl (C=O) groups excluding carboxylic acids is 2. The van der Waals surface area contributed by atoms with Crippen molar-refractivity contribution in [3.8, 4) is 0 Å². The fourth-order valence-electron chi connectivity index (χ4n) is 0.876. The highest BCUT2D eigenvalue weighted by atomic mass is 32.1. The highest BCUT2D eigenvalue weighted by Crippen LogP contribution is 2.18. The Bertz CT molecular complexity index is 427. The van der Waals surface area contributed by atoms with Crippen molar-refractivity contribution < 1.29 is 18.8 Å². The van der Waals surface area contributed by atoms with Crippen molar-refractivity contribution in [2.75, 3.05) is 5.32 Å². The maximum absolute atomic E-state index is 11.4. The van der Waals surface area contributed by atoms with Crippen molar-refractivity contribution >= 4 is 38.0 Å². The van der Waals surface area contributed by atoms with Crippen LogP contribution in [0.3, 0.4) is 0 Å². The zero-order valence-electron chi connectivity index (χ0n) is 9.64. The standard InChI is InChI=1S/C9H13N2O4PS/c1-9(2,3)14-8(13)11-7-10-5(4-17-7)6(12)15-16/h4H,16H2,1-3H3,(H,10,11,13). The molecule has 1 aromatic rings. The van der Waals surface area contributed by atoms with Crippen LogP contribution in [0.25, 0.3) is 0 Å². The van der Waals surface area contributed by atoms with Gasteiger partial charge in [-0.25, -0.2) is 14.6 Å². The van der Waals surface area contributed by atoms with Crippen LogP contribution in [-0.2, 0) is 9.26 Å². The van der Waals surface area contributed by atoms with Gasteiger partial charge in [-0.05, 0) is 20.8 Å². The predicted molar refractivity (Wildman–Crippen MR) is 67.1 cm³/mol. The SMILES string of the molecule is CC(C)(C)OC(=O)Nc1nc(C(=O)OP)cs1. The van der Waals surface area contributed by atoms with Crippen LogP contribution < -0.4 is 5.32 Å². The lowest BCUT2D eigenvalue weighted by Crippen LogP contribution is -2.27. The van der Waals surface area contributed by atoms with Crippen LogP contribution in [0, 0.1) is 0 Å². The van der Waals surface area contributed by atoms with E-state index in [9.17, 15) is 9.59 Å². The Balaban J connectivity index is 2.61. The number of hydrogen-bond acceptors (Lipinski definition) is 6. The number of nitrogens with zero attached hydrogens (tertiary/aromatic N) is 1. The second kappa shape index (κ2) is 5.42. The molecular weight excluding hydrogens is 263 g/mol. The molecule has 1 unspecified atom stereocenters. The third-order valence-electron chi connectivity index (χ3n) is 1.43. The molecule has 1 atom stereocenters. The number of aromatic nitrogens is 1. The molecule has 0 saturated heterocycles. The highest BCUT2D eigenvalue weighted by Gasteiger charge is 2.18. The molecule has 0 aliphatic heterocycles. The summed E-state index contributed by atoms with van der Waals surface area (Å²) < 4.78 is 9.45. The Kier molecular flexibility index (Phi) is 4.42. The second-order valence-corrected chi connectivity index (χ2v) is 5.16. The molecule has 0 aliphatic rings. The van der Waals surface area contributed by atoms with E-state index in [1.165, 1.54) is 5.38 Å². The average molecular weight is 276 g/mol. The van der Waals surface area contributed by atoms with Gasteiger partial charge < -0.3 is 9.26 Å². The summed E-state index contributed by atoms with van der Waals surface area (Å²) in [4.78, 5) is 26.4. The van der Waals surface area contributed by atoms with E-state index in [0.29, 0.717) is 0 Å². The van der Waals surface area contributed by atoms with Gasteiger partial charge in [0, 0.05) is 5.38 Å². The average Bonchev–Trinajstić information content (AvgIpc) is 2.62. The smallest absolute Gasteiger partial charge is 0.413 e. The summed E-state index contributed by atoms with van der Waals surface area (Å²) in [5, 5.41) is 4.20. The molecule has 1 N–H and O–H groups in total. The van der Waals surface area contributed by atoms with Crippen LogP contribution in [0.15, 0.2) is 5.38 Å². The molecule has 0 saturated carbocycles. The Morgan fingerprint density at radius 3 is 2.65 bits per heavy atom. The van der Waals surface area contributed by atoms with Gasteiger partial charge in [-0.1, -0.05) is 0 Å².